The average molecular weight is 430 g/mol. The van der Waals surface area contributed by atoms with E-state index >= 15 is 0 Å². The predicted octanol–water partition coefficient (Wildman–Crippen LogP) is 7.79. The fourth-order valence-corrected chi connectivity index (χ4v) is 5.62. The fraction of sp³-hybridized carbons (Fsp3) is 0.231. The zero-order valence-corrected chi connectivity index (χ0v) is 18.3. The summed E-state index contributed by atoms with van der Waals surface area (Å²) in [7, 11) is 0. The predicted molar refractivity (Wildman–Crippen MR) is 124 cm³/mol. The molecule has 2 heteroatoms. The van der Waals surface area contributed by atoms with Crippen molar-refractivity contribution in [3.63, 3.8) is 0 Å². The molecule has 0 radical (unpaired) electrons. The lowest BCUT2D eigenvalue weighted by molar-refractivity contribution is 0.476. The lowest BCUT2D eigenvalue weighted by Gasteiger charge is -2.33. The molecule has 1 unspecified atom stereocenters. The van der Waals surface area contributed by atoms with Crippen LogP contribution in [0.4, 0.5) is 0 Å². The standard InChI is InChI=1S/C26H24BrN/c1-15-13-20-16(2)18-10-12-24(27)28-23(18)14-21(20)25(15)26(3,4)22-11-9-17-7-5-6-8-19(17)22/h5-14,22,28H,1-4H3. The summed E-state index contributed by atoms with van der Waals surface area (Å²) >= 11 is 3.59. The van der Waals surface area contributed by atoms with Crippen molar-refractivity contribution < 1.29 is 0 Å². The van der Waals surface area contributed by atoms with Gasteiger partial charge in [0.25, 0.3) is 0 Å². The van der Waals surface area contributed by atoms with E-state index in [4.69, 9.17) is 0 Å². The first-order valence-electron chi connectivity index (χ1n) is 9.86. The van der Waals surface area contributed by atoms with E-state index in [2.05, 4.69) is 109 Å². The van der Waals surface area contributed by atoms with Gasteiger partial charge in [-0.2, -0.15) is 0 Å². The van der Waals surface area contributed by atoms with Gasteiger partial charge in [-0.05, 0) is 86.6 Å². The zero-order chi connectivity index (χ0) is 19.6. The number of fused-ring (bicyclic) bond motifs is 3. The van der Waals surface area contributed by atoms with Crippen molar-refractivity contribution in [2.45, 2.75) is 39.0 Å². The SMILES string of the molecule is Cc1cc2c(C)c3ccc(Br)[nH]c3cc2c1C(C)(C)C1C=Cc2ccccc21. The molecule has 140 valence electrons. The Bertz CT molecular complexity index is 1270. The first-order valence-corrected chi connectivity index (χ1v) is 10.7. The van der Waals surface area contributed by atoms with Crippen molar-refractivity contribution in [2.24, 2.45) is 0 Å². The molecule has 4 aromatic rings. The molecule has 5 rings (SSSR count). The number of rotatable bonds is 2. The van der Waals surface area contributed by atoms with Crippen LogP contribution in [0, 0.1) is 13.8 Å². The van der Waals surface area contributed by atoms with E-state index in [9.17, 15) is 0 Å². The quantitative estimate of drug-likeness (QED) is 0.313. The van der Waals surface area contributed by atoms with Gasteiger partial charge in [0.1, 0.15) is 0 Å². The maximum absolute atomic E-state index is 3.59. The lowest BCUT2D eigenvalue weighted by Crippen LogP contribution is -2.25. The Morgan fingerprint density at radius 1 is 0.929 bits per heavy atom. The molecule has 1 atom stereocenters. The molecular weight excluding hydrogens is 406 g/mol. The van der Waals surface area contributed by atoms with E-state index in [1.54, 1.807) is 0 Å². The van der Waals surface area contributed by atoms with Crippen LogP contribution in [0.2, 0.25) is 0 Å². The average Bonchev–Trinajstić information content (AvgIpc) is 3.23. The van der Waals surface area contributed by atoms with Crippen LogP contribution in [0.3, 0.4) is 0 Å². The second-order valence-corrected chi connectivity index (χ2v) is 9.47. The number of hydrogen-bond donors (Lipinski definition) is 1. The zero-order valence-electron chi connectivity index (χ0n) is 16.7. The molecule has 1 aliphatic rings. The fourth-order valence-electron chi connectivity index (χ4n) is 5.28. The van der Waals surface area contributed by atoms with Crippen LogP contribution in [-0.2, 0) is 5.41 Å². The third-order valence-corrected chi connectivity index (χ3v) is 7.04. The van der Waals surface area contributed by atoms with Crippen molar-refractivity contribution >= 4 is 43.7 Å². The van der Waals surface area contributed by atoms with Crippen LogP contribution in [0.25, 0.3) is 27.8 Å². The topological polar surface area (TPSA) is 15.8 Å². The van der Waals surface area contributed by atoms with Gasteiger partial charge in [-0.1, -0.05) is 56.3 Å². The van der Waals surface area contributed by atoms with E-state index < -0.39 is 0 Å². The largest absolute Gasteiger partial charge is 0.349 e. The normalized spacial score (nSPS) is 16.2. The van der Waals surface area contributed by atoms with E-state index in [-0.39, 0.29) is 5.41 Å². The van der Waals surface area contributed by atoms with Crippen LogP contribution < -0.4 is 0 Å². The van der Waals surface area contributed by atoms with Crippen LogP contribution in [0.15, 0.2) is 59.2 Å². The van der Waals surface area contributed by atoms with Gasteiger partial charge >= 0.3 is 0 Å². The van der Waals surface area contributed by atoms with Crippen LogP contribution >= 0.6 is 15.9 Å². The Kier molecular flexibility index (Phi) is 3.86. The smallest absolute Gasteiger partial charge is 0.0824 e. The summed E-state index contributed by atoms with van der Waals surface area (Å²) in [5.41, 5.74) is 8.18. The van der Waals surface area contributed by atoms with Crippen LogP contribution in [-0.4, -0.2) is 4.98 Å². The molecule has 0 saturated heterocycles. The summed E-state index contributed by atoms with van der Waals surface area (Å²) in [6.07, 6.45) is 4.67. The van der Waals surface area contributed by atoms with Gasteiger partial charge in [0, 0.05) is 22.2 Å². The Labute approximate surface area is 174 Å². The highest BCUT2D eigenvalue weighted by molar-refractivity contribution is 9.10. The molecule has 0 saturated carbocycles. The summed E-state index contributed by atoms with van der Waals surface area (Å²) < 4.78 is 1.01. The first-order chi connectivity index (χ1) is 13.4. The minimum atomic E-state index is 0.00106. The number of aryl methyl sites for hydroxylation is 2. The van der Waals surface area contributed by atoms with Gasteiger partial charge in [0.05, 0.1) is 4.60 Å². The summed E-state index contributed by atoms with van der Waals surface area (Å²) in [5, 5.41) is 4.04. The molecule has 0 aliphatic heterocycles. The first kappa shape index (κ1) is 17.8. The van der Waals surface area contributed by atoms with Crippen molar-refractivity contribution in [3.8, 4) is 0 Å². The second kappa shape index (κ2) is 6.09. The molecule has 1 aromatic heterocycles. The van der Waals surface area contributed by atoms with E-state index in [0.717, 1.165) is 4.60 Å². The Morgan fingerprint density at radius 3 is 2.54 bits per heavy atom. The number of allylic oxidation sites excluding steroid dienone is 1. The van der Waals surface area contributed by atoms with E-state index in [1.165, 1.54) is 49.5 Å². The number of benzene rings is 2. The number of hydrogen-bond acceptors (Lipinski definition) is 0. The molecule has 0 spiro atoms. The van der Waals surface area contributed by atoms with Gasteiger partial charge in [-0.25, -0.2) is 0 Å². The Morgan fingerprint density at radius 2 is 1.71 bits per heavy atom. The minimum absolute atomic E-state index is 0.00106. The number of pyridine rings is 1. The highest BCUT2D eigenvalue weighted by atomic mass is 79.9. The summed E-state index contributed by atoms with van der Waals surface area (Å²) in [6.45, 7) is 9.31. The summed E-state index contributed by atoms with van der Waals surface area (Å²) in [5.74, 6) is 0.385. The molecule has 0 amide bonds. The van der Waals surface area contributed by atoms with Gasteiger partial charge in [0.15, 0.2) is 0 Å². The molecule has 0 bridgehead atoms. The molecule has 1 aliphatic carbocycles. The number of halogens is 1. The van der Waals surface area contributed by atoms with Crippen LogP contribution in [0.5, 0.6) is 0 Å². The second-order valence-electron chi connectivity index (χ2n) is 8.62. The highest BCUT2D eigenvalue weighted by Gasteiger charge is 2.37. The Balaban J connectivity index is 1.78. The van der Waals surface area contributed by atoms with E-state index in [0.29, 0.717) is 5.92 Å². The molecule has 1 N–H and O–H groups in total. The maximum Gasteiger partial charge on any atom is 0.0824 e. The monoisotopic (exact) mass is 429 g/mol. The van der Waals surface area contributed by atoms with Gasteiger partial charge in [-0.15, -0.1) is 0 Å². The van der Waals surface area contributed by atoms with Crippen molar-refractivity contribution in [1.29, 1.82) is 0 Å². The third kappa shape index (κ3) is 2.44. The lowest BCUT2D eigenvalue weighted by atomic mass is 9.70. The van der Waals surface area contributed by atoms with Gasteiger partial charge in [0.2, 0.25) is 0 Å². The van der Waals surface area contributed by atoms with Crippen molar-refractivity contribution in [2.75, 3.05) is 0 Å². The van der Waals surface area contributed by atoms with Crippen molar-refractivity contribution in [3.05, 3.63) is 87.0 Å². The van der Waals surface area contributed by atoms with E-state index in [1.807, 2.05) is 0 Å². The number of nitrogens with one attached hydrogen (secondary N) is 1. The Hall–Kier alpha value is -2.32. The minimum Gasteiger partial charge on any atom is -0.349 e. The van der Waals surface area contributed by atoms with Crippen molar-refractivity contribution in [1.82, 2.24) is 4.98 Å². The molecule has 28 heavy (non-hydrogen) atoms. The molecular formula is C26H24BrN. The molecule has 3 aromatic carbocycles. The molecule has 1 heterocycles. The van der Waals surface area contributed by atoms with Gasteiger partial charge in [-0.3, -0.25) is 0 Å². The highest BCUT2D eigenvalue weighted by Crippen LogP contribution is 2.49. The van der Waals surface area contributed by atoms with Gasteiger partial charge < -0.3 is 4.98 Å². The third-order valence-electron chi connectivity index (χ3n) is 6.57. The summed E-state index contributed by atoms with van der Waals surface area (Å²) in [6, 6.07) is 17.8. The van der Waals surface area contributed by atoms with Crippen LogP contribution in [0.1, 0.15) is 47.6 Å². The molecule has 1 nitrogen and oxygen atoms in total. The summed E-state index contributed by atoms with van der Waals surface area (Å²) in [4.78, 5) is 3.50. The number of H-pyrrole nitrogens is 1. The maximum atomic E-state index is 3.59. The number of aromatic nitrogens is 1. The molecule has 0 fully saturated rings. The number of aromatic amines is 1.